The molecule has 0 fully saturated rings. The summed E-state index contributed by atoms with van der Waals surface area (Å²) in [4.78, 5) is 16.0. The molecule has 2 rings (SSSR count). The number of carbonyl (C=O) groups is 1. The lowest BCUT2D eigenvalue weighted by Crippen LogP contribution is -2.11. The maximum atomic E-state index is 11.9. The van der Waals surface area contributed by atoms with E-state index in [1.165, 1.54) is 11.5 Å². The van der Waals surface area contributed by atoms with Crippen LogP contribution in [0.4, 0.5) is 5.13 Å². The number of nitrogens with one attached hydrogen (secondary N) is 1. The zero-order valence-electron chi connectivity index (χ0n) is 9.32. The molecule has 0 aliphatic heterocycles. The Balaban J connectivity index is 2.17. The zero-order valence-corrected chi connectivity index (χ0v) is 11.7. The van der Waals surface area contributed by atoms with E-state index in [1.54, 1.807) is 13.0 Å². The summed E-state index contributed by atoms with van der Waals surface area (Å²) in [6.45, 7) is 3.73. The number of nitrogens with zero attached hydrogens (tertiary/aromatic N) is 2. The highest BCUT2D eigenvalue weighted by molar-refractivity contribution is 9.10. The Morgan fingerprint density at radius 2 is 2.18 bits per heavy atom. The molecule has 1 amide bonds. The number of anilines is 1. The van der Waals surface area contributed by atoms with Gasteiger partial charge in [0.15, 0.2) is 0 Å². The molecule has 1 aromatic heterocycles. The second-order valence-corrected chi connectivity index (χ2v) is 5.17. The van der Waals surface area contributed by atoms with Gasteiger partial charge in [-0.1, -0.05) is 15.9 Å². The minimum atomic E-state index is -0.170. The van der Waals surface area contributed by atoms with E-state index in [-0.39, 0.29) is 5.91 Å². The quantitative estimate of drug-likeness (QED) is 0.926. The van der Waals surface area contributed by atoms with Crippen molar-refractivity contribution in [3.8, 4) is 0 Å². The van der Waals surface area contributed by atoms with Gasteiger partial charge in [0.2, 0.25) is 5.13 Å². The summed E-state index contributed by atoms with van der Waals surface area (Å²) in [5.41, 5.74) is 1.63. The van der Waals surface area contributed by atoms with Crippen molar-refractivity contribution in [2.45, 2.75) is 13.8 Å². The van der Waals surface area contributed by atoms with Crippen molar-refractivity contribution in [1.29, 1.82) is 0 Å². The highest BCUT2D eigenvalue weighted by Crippen LogP contribution is 2.18. The minimum absolute atomic E-state index is 0.170. The molecular weight excluding hydrogens is 302 g/mol. The summed E-state index contributed by atoms with van der Waals surface area (Å²) in [6.07, 6.45) is 0. The van der Waals surface area contributed by atoms with Gasteiger partial charge in [0.05, 0.1) is 0 Å². The summed E-state index contributed by atoms with van der Waals surface area (Å²) >= 11 is 4.57. The van der Waals surface area contributed by atoms with Crippen LogP contribution in [0.25, 0.3) is 0 Å². The molecule has 1 aromatic carbocycles. The van der Waals surface area contributed by atoms with Crippen LogP contribution in [0, 0.1) is 13.8 Å². The number of hydrogen-bond acceptors (Lipinski definition) is 4. The molecule has 0 saturated heterocycles. The summed E-state index contributed by atoms with van der Waals surface area (Å²) in [5.74, 6) is 0.494. The molecule has 17 heavy (non-hydrogen) atoms. The molecule has 4 nitrogen and oxygen atoms in total. The number of aromatic nitrogens is 2. The first-order chi connectivity index (χ1) is 8.06. The van der Waals surface area contributed by atoms with Gasteiger partial charge in [-0.25, -0.2) is 4.98 Å². The summed E-state index contributed by atoms with van der Waals surface area (Å²) in [5, 5.41) is 3.24. The van der Waals surface area contributed by atoms with Crippen LogP contribution in [0.1, 0.15) is 21.7 Å². The largest absolute Gasteiger partial charge is 0.297 e. The number of carbonyl (C=O) groups excluding carboxylic acids is 1. The summed E-state index contributed by atoms with van der Waals surface area (Å²) in [6, 6.07) is 5.45. The van der Waals surface area contributed by atoms with Crippen LogP contribution in [0.15, 0.2) is 22.7 Å². The second kappa shape index (κ2) is 4.93. The van der Waals surface area contributed by atoms with Gasteiger partial charge in [0.1, 0.15) is 5.82 Å². The second-order valence-electron chi connectivity index (χ2n) is 3.56. The lowest BCUT2D eigenvalue weighted by molar-refractivity contribution is 0.102. The van der Waals surface area contributed by atoms with Crippen molar-refractivity contribution in [1.82, 2.24) is 9.36 Å². The van der Waals surface area contributed by atoms with Crippen LogP contribution in [-0.4, -0.2) is 15.3 Å². The van der Waals surface area contributed by atoms with E-state index in [9.17, 15) is 4.79 Å². The number of benzene rings is 1. The Hall–Kier alpha value is -1.27. The third-order valence-electron chi connectivity index (χ3n) is 2.17. The minimum Gasteiger partial charge on any atom is -0.297 e. The third kappa shape index (κ3) is 2.89. The fourth-order valence-electron chi connectivity index (χ4n) is 1.30. The van der Waals surface area contributed by atoms with Crippen LogP contribution in [0.5, 0.6) is 0 Å². The Labute approximate surface area is 111 Å². The molecule has 6 heteroatoms. The Morgan fingerprint density at radius 3 is 2.76 bits per heavy atom. The zero-order chi connectivity index (χ0) is 12.4. The molecule has 0 unspecified atom stereocenters. The SMILES string of the molecule is Cc1nsc(NC(=O)c2ccc(Br)c(C)c2)n1. The van der Waals surface area contributed by atoms with Gasteiger partial charge < -0.3 is 0 Å². The van der Waals surface area contributed by atoms with Crippen LogP contribution in [0.3, 0.4) is 0 Å². The van der Waals surface area contributed by atoms with Crippen LogP contribution in [-0.2, 0) is 0 Å². The summed E-state index contributed by atoms with van der Waals surface area (Å²) in [7, 11) is 0. The predicted octanol–water partition coefficient (Wildman–Crippen LogP) is 3.17. The van der Waals surface area contributed by atoms with E-state index in [0.29, 0.717) is 16.5 Å². The first-order valence-electron chi connectivity index (χ1n) is 4.94. The average molecular weight is 312 g/mol. The smallest absolute Gasteiger partial charge is 0.257 e. The van der Waals surface area contributed by atoms with Gasteiger partial charge in [-0.3, -0.25) is 10.1 Å². The molecule has 2 aromatic rings. The molecule has 0 saturated carbocycles. The molecule has 0 atom stereocenters. The van der Waals surface area contributed by atoms with Gasteiger partial charge in [-0.15, -0.1) is 0 Å². The summed E-state index contributed by atoms with van der Waals surface area (Å²) < 4.78 is 4.99. The van der Waals surface area contributed by atoms with E-state index in [2.05, 4.69) is 30.6 Å². The molecule has 0 bridgehead atoms. The van der Waals surface area contributed by atoms with Gasteiger partial charge >= 0.3 is 0 Å². The topological polar surface area (TPSA) is 54.9 Å². The molecule has 1 heterocycles. The van der Waals surface area contributed by atoms with E-state index in [0.717, 1.165) is 10.0 Å². The lowest BCUT2D eigenvalue weighted by Gasteiger charge is -2.03. The number of rotatable bonds is 2. The van der Waals surface area contributed by atoms with Crippen molar-refractivity contribution in [2.75, 3.05) is 5.32 Å². The molecule has 0 aliphatic rings. The lowest BCUT2D eigenvalue weighted by atomic mass is 10.1. The van der Waals surface area contributed by atoms with Crippen molar-refractivity contribution in [3.05, 3.63) is 39.6 Å². The van der Waals surface area contributed by atoms with Gasteiger partial charge in [0.25, 0.3) is 5.91 Å². The number of aryl methyl sites for hydroxylation is 2. The van der Waals surface area contributed by atoms with Crippen LogP contribution in [0.2, 0.25) is 0 Å². The molecule has 0 aliphatic carbocycles. The highest BCUT2D eigenvalue weighted by Gasteiger charge is 2.09. The Kier molecular flexibility index (Phi) is 3.54. The number of amides is 1. The number of halogens is 1. The normalized spacial score (nSPS) is 10.3. The van der Waals surface area contributed by atoms with Gasteiger partial charge in [-0.05, 0) is 37.6 Å². The molecule has 88 valence electrons. The predicted molar refractivity (Wildman–Crippen MR) is 71.5 cm³/mol. The Bertz CT molecular complexity index is 568. The van der Waals surface area contributed by atoms with Gasteiger partial charge in [-0.2, -0.15) is 4.37 Å². The highest BCUT2D eigenvalue weighted by atomic mass is 79.9. The first-order valence-corrected chi connectivity index (χ1v) is 6.51. The molecular formula is C11H10BrN3OS. The monoisotopic (exact) mass is 311 g/mol. The maximum absolute atomic E-state index is 11.9. The van der Waals surface area contributed by atoms with Crippen molar-refractivity contribution in [3.63, 3.8) is 0 Å². The standard InChI is InChI=1S/C11H10BrN3OS/c1-6-5-8(3-4-9(6)12)10(16)14-11-13-7(2)15-17-11/h3-5H,1-2H3,(H,13,14,15,16). The van der Waals surface area contributed by atoms with Crippen molar-refractivity contribution in [2.24, 2.45) is 0 Å². The molecule has 0 radical (unpaired) electrons. The van der Waals surface area contributed by atoms with Crippen molar-refractivity contribution < 1.29 is 4.79 Å². The third-order valence-corrected chi connectivity index (χ3v) is 3.78. The fourth-order valence-corrected chi connectivity index (χ4v) is 2.12. The van der Waals surface area contributed by atoms with E-state index in [4.69, 9.17) is 0 Å². The Morgan fingerprint density at radius 1 is 1.41 bits per heavy atom. The first kappa shape index (κ1) is 12.2. The fraction of sp³-hybridized carbons (Fsp3) is 0.182. The van der Waals surface area contributed by atoms with Crippen LogP contribution < -0.4 is 5.32 Å². The van der Waals surface area contributed by atoms with Crippen LogP contribution >= 0.6 is 27.5 Å². The number of hydrogen-bond donors (Lipinski definition) is 1. The average Bonchev–Trinajstić information content (AvgIpc) is 2.68. The van der Waals surface area contributed by atoms with Crippen molar-refractivity contribution >= 4 is 38.5 Å². The van der Waals surface area contributed by atoms with E-state index < -0.39 is 0 Å². The van der Waals surface area contributed by atoms with E-state index >= 15 is 0 Å². The molecule has 1 N–H and O–H groups in total. The van der Waals surface area contributed by atoms with E-state index in [1.807, 2.05) is 19.1 Å². The molecule has 0 spiro atoms. The van der Waals surface area contributed by atoms with Gasteiger partial charge in [0, 0.05) is 21.6 Å². The maximum Gasteiger partial charge on any atom is 0.257 e.